The lowest BCUT2D eigenvalue weighted by atomic mass is 9.83. The number of nitrogens with two attached hydrogens (primary N) is 1. The van der Waals surface area contributed by atoms with Crippen LogP contribution in [-0.2, 0) is 0 Å². The summed E-state index contributed by atoms with van der Waals surface area (Å²) in [5, 5.41) is 0. The van der Waals surface area contributed by atoms with Crippen LogP contribution in [0.5, 0.6) is 0 Å². The molecule has 0 aromatic carbocycles. The van der Waals surface area contributed by atoms with Crippen molar-refractivity contribution >= 4 is 15.9 Å². The van der Waals surface area contributed by atoms with Crippen LogP contribution in [0.1, 0.15) is 52.3 Å². The molecule has 1 aromatic heterocycles. The molecule has 98 valence electrons. The van der Waals surface area contributed by atoms with Crippen LogP contribution in [0.3, 0.4) is 0 Å². The van der Waals surface area contributed by atoms with E-state index in [1.54, 1.807) is 6.26 Å². The van der Waals surface area contributed by atoms with Gasteiger partial charge in [-0.15, -0.1) is 0 Å². The number of hydrogen-bond donors (Lipinski definition) is 2. The second-order valence-corrected chi connectivity index (χ2v) is 6.81. The zero-order chi connectivity index (χ0) is 13.1. The summed E-state index contributed by atoms with van der Waals surface area (Å²) in [6.07, 6.45) is 3.82. The monoisotopic (exact) mass is 302 g/mol. The molecule has 0 bridgehead atoms. The van der Waals surface area contributed by atoms with E-state index in [4.69, 9.17) is 10.3 Å². The molecule has 0 aliphatic rings. The van der Waals surface area contributed by atoms with E-state index in [9.17, 15) is 0 Å². The lowest BCUT2D eigenvalue weighted by Gasteiger charge is -2.25. The van der Waals surface area contributed by atoms with Crippen molar-refractivity contribution in [3.8, 4) is 0 Å². The number of furan rings is 1. The lowest BCUT2D eigenvalue weighted by Crippen LogP contribution is -2.30. The average Bonchev–Trinajstić information content (AvgIpc) is 2.58. The molecule has 0 saturated carbocycles. The van der Waals surface area contributed by atoms with Crippen LogP contribution >= 0.6 is 15.9 Å². The van der Waals surface area contributed by atoms with Gasteiger partial charge in [-0.25, -0.2) is 5.43 Å². The molecular formula is C13H23BrN2O. The van der Waals surface area contributed by atoms with Crippen LogP contribution in [0.25, 0.3) is 0 Å². The molecule has 4 heteroatoms. The summed E-state index contributed by atoms with van der Waals surface area (Å²) < 4.78 is 6.43. The summed E-state index contributed by atoms with van der Waals surface area (Å²) in [4.78, 5) is 0. The Morgan fingerprint density at radius 1 is 1.47 bits per heavy atom. The van der Waals surface area contributed by atoms with Gasteiger partial charge < -0.3 is 4.42 Å². The Morgan fingerprint density at radius 2 is 2.12 bits per heavy atom. The first kappa shape index (κ1) is 14.7. The zero-order valence-corrected chi connectivity index (χ0v) is 12.7. The third-order valence-electron chi connectivity index (χ3n) is 2.76. The van der Waals surface area contributed by atoms with E-state index in [-0.39, 0.29) is 6.04 Å². The van der Waals surface area contributed by atoms with Gasteiger partial charge in [0.15, 0.2) is 0 Å². The Hall–Kier alpha value is -0.320. The van der Waals surface area contributed by atoms with Crippen molar-refractivity contribution < 1.29 is 4.42 Å². The molecular weight excluding hydrogens is 280 g/mol. The maximum atomic E-state index is 5.61. The van der Waals surface area contributed by atoms with Crippen LogP contribution in [0.2, 0.25) is 0 Å². The van der Waals surface area contributed by atoms with Crippen molar-refractivity contribution in [1.29, 1.82) is 0 Å². The fourth-order valence-corrected chi connectivity index (χ4v) is 2.81. The average molecular weight is 303 g/mol. The highest BCUT2D eigenvalue weighted by Gasteiger charge is 2.22. The fraction of sp³-hybridized carbons (Fsp3) is 0.692. The molecule has 17 heavy (non-hydrogen) atoms. The van der Waals surface area contributed by atoms with Crippen molar-refractivity contribution in [2.75, 3.05) is 0 Å². The van der Waals surface area contributed by atoms with Gasteiger partial charge in [0.1, 0.15) is 5.76 Å². The summed E-state index contributed by atoms with van der Waals surface area (Å²) in [6.45, 7) is 9.04. The second-order valence-electron chi connectivity index (χ2n) is 5.96. The van der Waals surface area contributed by atoms with Gasteiger partial charge in [-0.1, -0.05) is 27.7 Å². The first-order chi connectivity index (χ1) is 7.83. The molecule has 0 aliphatic heterocycles. The fourth-order valence-electron chi connectivity index (χ4n) is 2.34. The molecule has 0 aliphatic carbocycles. The van der Waals surface area contributed by atoms with Gasteiger partial charge in [0.2, 0.25) is 0 Å². The molecule has 2 unspecified atom stereocenters. The molecule has 0 spiro atoms. The first-order valence-electron chi connectivity index (χ1n) is 6.02. The Kier molecular flexibility index (Phi) is 5.22. The van der Waals surface area contributed by atoms with E-state index < -0.39 is 0 Å². The Morgan fingerprint density at radius 3 is 2.53 bits per heavy atom. The first-order valence-corrected chi connectivity index (χ1v) is 6.82. The van der Waals surface area contributed by atoms with Crippen molar-refractivity contribution in [2.45, 2.75) is 46.6 Å². The predicted octanol–water partition coefficient (Wildman–Crippen LogP) is 4.01. The topological polar surface area (TPSA) is 51.2 Å². The van der Waals surface area contributed by atoms with Crippen LogP contribution in [0.4, 0.5) is 0 Å². The van der Waals surface area contributed by atoms with Crippen molar-refractivity contribution in [3.05, 3.63) is 22.6 Å². The van der Waals surface area contributed by atoms with E-state index in [0.29, 0.717) is 11.3 Å². The number of hydrogen-bond acceptors (Lipinski definition) is 3. The van der Waals surface area contributed by atoms with Gasteiger partial charge in [0.25, 0.3) is 0 Å². The van der Waals surface area contributed by atoms with Crippen LogP contribution in [0.15, 0.2) is 21.2 Å². The zero-order valence-electron chi connectivity index (χ0n) is 11.1. The summed E-state index contributed by atoms with van der Waals surface area (Å²) in [5.74, 6) is 7.09. The van der Waals surface area contributed by atoms with Crippen molar-refractivity contribution in [1.82, 2.24) is 5.43 Å². The molecule has 0 radical (unpaired) electrons. The van der Waals surface area contributed by atoms with Crippen molar-refractivity contribution in [3.63, 3.8) is 0 Å². The van der Waals surface area contributed by atoms with Gasteiger partial charge in [-0.2, -0.15) is 0 Å². The van der Waals surface area contributed by atoms with Gasteiger partial charge >= 0.3 is 0 Å². The molecule has 0 saturated heterocycles. The van der Waals surface area contributed by atoms with E-state index in [0.717, 1.165) is 16.7 Å². The van der Waals surface area contributed by atoms with Crippen LogP contribution in [0, 0.1) is 11.3 Å². The smallest absolute Gasteiger partial charge is 0.136 e. The highest BCUT2D eigenvalue weighted by molar-refractivity contribution is 9.10. The van der Waals surface area contributed by atoms with Gasteiger partial charge in [-0.3, -0.25) is 5.84 Å². The maximum absolute atomic E-state index is 5.61. The quantitative estimate of drug-likeness (QED) is 0.638. The SMILES string of the molecule is CC(CC(NN)c1occc1Br)CC(C)(C)C. The van der Waals surface area contributed by atoms with Crippen molar-refractivity contribution in [2.24, 2.45) is 17.2 Å². The van der Waals surface area contributed by atoms with Gasteiger partial charge in [0.05, 0.1) is 16.8 Å². The Labute approximate surface area is 112 Å². The molecule has 2 atom stereocenters. The highest BCUT2D eigenvalue weighted by atomic mass is 79.9. The minimum atomic E-state index is 0.0664. The summed E-state index contributed by atoms with van der Waals surface area (Å²) >= 11 is 3.47. The summed E-state index contributed by atoms with van der Waals surface area (Å²) in [5.41, 5.74) is 3.18. The molecule has 1 rings (SSSR count). The highest BCUT2D eigenvalue weighted by Crippen LogP contribution is 2.33. The summed E-state index contributed by atoms with van der Waals surface area (Å²) in [7, 11) is 0. The number of nitrogens with one attached hydrogen (secondary N) is 1. The largest absolute Gasteiger partial charge is 0.466 e. The molecule has 3 N–H and O–H groups in total. The molecule has 1 heterocycles. The minimum absolute atomic E-state index is 0.0664. The number of rotatable bonds is 5. The minimum Gasteiger partial charge on any atom is -0.466 e. The van der Waals surface area contributed by atoms with Crippen LogP contribution < -0.4 is 11.3 Å². The van der Waals surface area contributed by atoms with Gasteiger partial charge in [0, 0.05) is 0 Å². The standard InChI is InChI=1S/C13H23BrN2O/c1-9(8-13(2,3)4)7-11(16-15)12-10(14)5-6-17-12/h5-6,9,11,16H,7-8,15H2,1-4H3. The second kappa shape index (κ2) is 6.03. The lowest BCUT2D eigenvalue weighted by molar-refractivity contribution is 0.264. The van der Waals surface area contributed by atoms with E-state index in [1.807, 2.05) is 6.07 Å². The number of halogens is 1. The molecule has 0 amide bonds. The Balaban J connectivity index is 2.62. The van der Waals surface area contributed by atoms with E-state index in [1.165, 1.54) is 6.42 Å². The molecule has 0 fully saturated rings. The predicted molar refractivity (Wildman–Crippen MR) is 74.3 cm³/mol. The Bertz CT molecular complexity index is 343. The van der Waals surface area contributed by atoms with E-state index >= 15 is 0 Å². The molecule has 3 nitrogen and oxygen atoms in total. The normalized spacial score (nSPS) is 15.9. The summed E-state index contributed by atoms with van der Waals surface area (Å²) in [6, 6.07) is 1.96. The number of hydrazine groups is 1. The van der Waals surface area contributed by atoms with Gasteiger partial charge in [-0.05, 0) is 46.2 Å². The van der Waals surface area contributed by atoms with E-state index in [2.05, 4.69) is 49.1 Å². The molecule has 1 aromatic rings. The third-order valence-corrected chi connectivity index (χ3v) is 3.42. The third kappa shape index (κ3) is 4.82. The maximum Gasteiger partial charge on any atom is 0.136 e. The van der Waals surface area contributed by atoms with Crippen LogP contribution in [-0.4, -0.2) is 0 Å².